The Balaban J connectivity index is 1.90. The smallest absolute Gasteiger partial charge is 0.335 e. The molecule has 0 aliphatic carbocycles. The number of anilines is 1. The Kier molecular flexibility index (Phi) is 3.14. The molecule has 0 saturated carbocycles. The van der Waals surface area contributed by atoms with Gasteiger partial charge >= 0.3 is 5.97 Å². The van der Waals surface area contributed by atoms with Crippen LogP contribution in [0.15, 0.2) is 42.5 Å². The molecule has 1 aliphatic heterocycles. The summed E-state index contributed by atoms with van der Waals surface area (Å²) in [6.07, 6.45) is 0.871. The van der Waals surface area contributed by atoms with Crippen molar-refractivity contribution in [1.82, 2.24) is 0 Å². The normalized spacial score (nSPS) is 13.9. The second-order valence-electron chi connectivity index (χ2n) is 4.91. The molecule has 0 aromatic heterocycles. The SMILES string of the molecule is O=C(O)c1ccc(N2CCc3ccccc3C2)c(F)c1. The third-order valence-electron chi connectivity index (χ3n) is 3.67. The first-order chi connectivity index (χ1) is 9.65. The minimum atomic E-state index is -1.11. The fraction of sp³-hybridized carbons (Fsp3) is 0.188. The first-order valence-electron chi connectivity index (χ1n) is 6.50. The van der Waals surface area contributed by atoms with Crippen molar-refractivity contribution in [1.29, 1.82) is 0 Å². The predicted molar refractivity (Wildman–Crippen MR) is 74.6 cm³/mol. The van der Waals surface area contributed by atoms with Gasteiger partial charge in [0.2, 0.25) is 0 Å². The molecule has 3 rings (SSSR count). The van der Waals surface area contributed by atoms with Gasteiger partial charge in [0.1, 0.15) is 5.82 Å². The summed E-state index contributed by atoms with van der Waals surface area (Å²) >= 11 is 0. The van der Waals surface area contributed by atoms with Crippen molar-refractivity contribution >= 4 is 11.7 Å². The molecule has 1 aliphatic rings. The molecule has 20 heavy (non-hydrogen) atoms. The van der Waals surface area contributed by atoms with Crippen molar-refractivity contribution in [3.8, 4) is 0 Å². The van der Waals surface area contributed by atoms with Crippen LogP contribution in [0.25, 0.3) is 0 Å². The van der Waals surface area contributed by atoms with Crippen LogP contribution in [-0.2, 0) is 13.0 Å². The van der Waals surface area contributed by atoms with Crippen LogP contribution in [0.5, 0.6) is 0 Å². The van der Waals surface area contributed by atoms with Crippen LogP contribution >= 0.6 is 0 Å². The Hall–Kier alpha value is -2.36. The summed E-state index contributed by atoms with van der Waals surface area (Å²) in [6, 6.07) is 12.2. The highest BCUT2D eigenvalue weighted by Gasteiger charge is 2.19. The van der Waals surface area contributed by atoms with Crippen LogP contribution in [0.2, 0.25) is 0 Å². The standard InChI is InChI=1S/C16H14FNO2/c17-14-9-12(16(19)20)5-6-15(14)18-8-7-11-3-1-2-4-13(11)10-18/h1-6,9H,7-8,10H2,(H,19,20). The molecule has 0 amide bonds. The number of carboxylic acids is 1. The molecule has 0 bridgehead atoms. The zero-order chi connectivity index (χ0) is 14.1. The molecule has 0 spiro atoms. The van der Waals surface area contributed by atoms with Crippen molar-refractivity contribution in [2.75, 3.05) is 11.4 Å². The lowest BCUT2D eigenvalue weighted by Crippen LogP contribution is -2.31. The number of benzene rings is 2. The molecule has 1 N–H and O–H groups in total. The second-order valence-corrected chi connectivity index (χ2v) is 4.91. The average Bonchev–Trinajstić information content (AvgIpc) is 2.46. The van der Waals surface area contributed by atoms with Gasteiger partial charge in [-0.25, -0.2) is 9.18 Å². The van der Waals surface area contributed by atoms with E-state index in [9.17, 15) is 9.18 Å². The van der Waals surface area contributed by atoms with Crippen LogP contribution < -0.4 is 4.90 Å². The molecule has 1 heterocycles. The van der Waals surface area contributed by atoms with Crippen molar-refractivity contribution in [2.45, 2.75) is 13.0 Å². The van der Waals surface area contributed by atoms with E-state index in [1.807, 2.05) is 23.1 Å². The van der Waals surface area contributed by atoms with E-state index in [1.165, 1.54) is 17.2 Å². The summed E-state index contributed by atoms with van der Waals surface area (Å²) in [5, 5.41) is 8.86. The fourth-order valence-electron chi connectivity index (χ4n) is 2.60. The Labute approximate surface area is 116 Å². The maximum absolute atomic E-state index is 14.1. The van der Waals surface area contributed by atoms with E-state index >= 15 is 0 Å². The predicted octanol–water partition coefficient (Wildman–Crippen LogP) is 3.09. The van der Waals surface area contributed by atoms with Crippen LogP contribution in [0.3, 0.4) is 0 Å². The third-order valence-corrected chi connectivity index (χ3v) is 3.67. The van der Waals surface area contributed by atoms with Crippen LogP contribution in [0.1, 0.15) is 21.5 Å². The van der Waals surface area contributed by atoms with Gasteiger partial charge in [-0.3, -0.25) is 0 Å². The van der Waals surface area contributed by atoms with Crippen molar-refractivity contribution in [2.24, 2.45) is 0 Å². The number of rotatable bonds is 2. The highest BCUT2D eigenvalue weighted by Crippen LogP contribution is 2.27. The molecule has 3 nitrogen and oxygen atoms in total. The molecule has 0 fully saturated rings. The zero-order valence-electron chi connectivity index (χ0n) is 10.8. The number of fused-ring (bicyclic) bond motifs is 1. The highest BCUT2D eigenvalue weighted by molar-refractivity contribution is 5.88. The van der Waals surface area contributed by atoms with Gasteiger partial charge in [-0.15, -0.1) is 0 Å². The number of aromatic carboxylic acids is 1. The molecule has 2 aromatic carbocycles. The minimum Gasteiger partial charge on any atom is -0.478 e. The quantitative estimate of drug-likeness (QED) is 0.912. The summed E-state index contributed by atoms with van der Waals surface area (Å²) in [5.41, 5.74) is 2.93. The van der Waals surface area contributed by atoms with E-state index in [0.717, 1.165) is 19.0 Å². The average molecular weight is 271 g/mol. The van der Waals surface area contributed by atoms with Gasteiger partial charge < -0.3 is 10.0 Å². The van der Waals surface area contributed by atoms with E-state index in [-0.39, 0.29) is 5.56 Å². The van der Waals surface area contributed by atoms with Crippen molar-refractivity contribution in [3.63, 3.8) is 0 Å². The fourth-order valence-corrected chi connectivity index (χ4v) is 2.60. The molecule has 0 atom stereocenters. The number of nitrogens with zero attached hydrogens (tertiary/aromatic N) is 1. The van der Waals surface area contributed by atoms with Gasteiger partial charge in [0.15, 0.2) is 0 Å². The van der Waals surface area contributed by atoms with E-state index < -0.39 is 11.8 Å². The Morgan fingerprint density at radius 3 is 2.60 bits per heavy atom. The van der Waals surface area contributed by atoms with Gasteiger partial charge in [0.05, 0.1) is 11.3 Å². The van der Waals surface area contributed by atoms with Crippen LogP contribution in [0, 0.1) is 5.82 Å². The highest BCUT2D eigenvalue weighted by atomic mass is 19.1. The molecule has 2 aromatic rings. The monoisotopic (exact) mass is 271 g/mol. The van der Waals surface area contributed by atoms with Gasteiger partial charge in [-0.2, -0.15) is 0 Å². The summed E-state index contributed by atoms with van der Waals surface area (Å²) in [7, 11) is 0. The lowest BCUT2D eigenvalue weighted by Gasteiger charge is -2.31. The Morgan fingerprint density at radius 2 is 1.90 bits per heavy atom. The minimum absolute atomic E-state index is 0.0244. The van der Waals surface area contributed by atoms with Gasteiger partial charge in [0.25, 0.3) is 0 Å². The number of hydrogen-bond donors (Lipinski definition) is 1. The van der Waals surface area contributed by atoms with Crippen molar-refractivity contribution in [3.05, 3.63) is 65.0 Å². The summed E-state index contributed by atoms with van der Waals surface area (Å²) < 4.78 is 14.1. The summed E-state index contributed by atoms with van der Waals surface area (Å²) in [4.78, 5) is 12.8. The molecule has 102 valence electrons. The maximum atomic E-state index is 14.1. The Bertz CT molecular complexity index is 669. The number of halogens is 1. The number of carboxylic acid groups (broad SMARTS) is 1. The van der Waals surface area contributed by atoms with E-state index in [4.69, 9.17) is 5.11 Å². The lowest BCUT2D eigenvalue weighted by atomic mass is 9.99. The Morgan fingerprint density at radius 1 is 1.15 bits per heavy atom. The summed E-state index contributed by atoms with van der Waals surface area (Å²) in [6.45, 7) is 1.39. The number of hydrogen-bond acceptors (Lipinski definition) is 2. The van der Waals surface area contributed by atoms with Gasteiger partial charge in [-0.05, 0) is 35.7 Å². The molecule has 4 heteroatoms. The molecule has 0 unspecified atom stereocenters. The molecule has 0 saturated heterocycles. The lowest BCUT2D eigenvalue weighted by molar-refractivity contribution is 0.0696. The molecular formula is C16H14FNO2. The molecule has 0 radical (unpaired) electrons. The van der Waals surface area contributed by atoms with Crippen molar-refractivity contribution < 1.29 is 14.3 Å². The largest absolute Gasteiger partial charge is 0.478 e. The van der Waals surface area contributed by atoms with Crippen LogP contribution in [-0.4, -0.2) is 17.6 Å². The van der Waals surface area contributed by atoms with Gasteiger partial charge in [0, 0.05) is 13.1 Å². The number of carbonyl (C=O) groups is 1. The first-order valence-corrected chi connectivity index (χ1v) is 6.50. The molecular weight excluding hydrogens is 257 g/mol. The van der Waals surface area contributed by atoms with E-state index in [1.54, 1.807) is 6.07 Å². The maximum Gasteiger partial charge on any atom is 0.335 e. The van der Waals surface area contributed by atoms with E-state index in [2.05, 4.69) is 6.07 Å². The topological polar surface area (TPSA) is 40.5 Å². The second kappa shape index (κ2) is 4.96. The zero-order valence-corrected chi connectivity index (χ0v) is 10.8. The third kappa shape index (κ3) is 2.25. The summed E-state index contributed by atoms with van der Waals surface area (Å²) in [5.74, 6) is -1.59. The van der Waals surface area contributed by atoms with Gasteiger partial charge in [-0.1, -0.05) is 24.3 Å². The van der Waals surface area contributed by atoms with Crippen LogP contribution in [0.4, 0.5) is 10.1 Å². The first kappa shape index (κ1) is 12.7. The van der Waals surface area contributed by atoms with E-state index in [0.29, 0.717) is 12.2 Å².